The summed E-state index contributed by atoms with van der Waals surface area (Å²) >= 11 is 5.79. The van der Waals surface area contributed by atoms with Crippen LogP contribution in [0.3, 0.4) is 0 Å². The van der Waals surface area contributed by atoms with Gasteiger partial charge in [0.25, 0.3) is 0 Å². The number of aliphatic carboxylic acids is 1. The number of hydrogen-bond acceptors (Lipinski definition) is 2. The zero-order chi connectivity index (χ0) is 13.8. The molecular formula is C14H22ClNO3. The van der Waals surface area contributed by atoms with Gasteiger partial charge in [-0.25, -0.2) is 4.79 Å². The third-order valence-corrected chi connectivity index (χ3v) is 4.84. The summed E-state index contributed by atoms with van der Waals surface area (Å²) in [6, 6.07) is -0.649. The Balaban J connectivity index is 1.99. The van der Waals surface area contributed by atoms with Crippen molar-refractivity contribution in [3.63, 3.8) is 0 Å². The van der Waals surface area contributed by atoms with Gasteiger partial charge in [-0.3, -0.25) is 4.79 Å². The van der Waals surface area contributed by atoms with E-state index in [1.54, 1.807) is 4.90 Å². The summed E-state index contributed by atoms with van der Waals surface area (Å²) in [5.74, 6) is 0.0842. The smallest absolute Gasteiger partial charge is 0.326 e. The van der Waals surface area contributed by atoms with Crippen LogP contribution in [0, 0.1) is 11.8 Å². The molecule has 1 amide bonds. The van der Waals surface area contributed by atoms with Crippen molar-refractivity contribution >= 4 is 23.5 Å². The maximum Gasteiger partial charge on any atom is 0.326 e. The average molecular weight is 288 g/mol. The van der Waals surface area contributed by atoms with Gasteiger partial charge in [0.2, 0.25) is 5.91 Å². The highest BCUT2D eigenvalue weighted by molar-refractivity contribution is 6.18. The van der Waals surface area contributed by atoms with E-state index in [-0.39, 0.29) is 11.8 Å². The summed E-state index contributed by atoms with van der Waals surface area (Å²) in [4.78, 5) is 25.0. The standard InChI is InChI=1S/C14H22ClNO3/c15-8-11-7-13(17)16(9-11)12(14(18)19)6-10-4-2-1-3-5-10/h10-12H,1-9H2,(H,18,19)/t11?,12-/m0/s1. The summed E-state index contributed by atoms with van der Waals surface area (Å²) in [6.07, 6.45) is 6.85. The molecule has 0 aromatic carbocycles. The van der Waals surface area contributed by atoms with Crippen molar-refractivity contribution < 1.29 is 14.7 Å². The first-order valence-corrected chi connectivity index (χ1v) is 7.73. The van der Waals surface area contributed by atoms with Crippen molar-refractivity contribution in [2.75, 3.05) is 12.4 Å². The molecule has 1 aliphatic heterocycles. The van der Waals surface area contributed by atoms with E-state index in [0.717, 1.165) is 12.8 Å². The Morgan fingerprint density at radius 1 is 1.32 bits per heavy atom. The maximum absolute atomic E-state index is 11.9. The molecule has 4 nitrogen and oxygen atoms in total. The summed E-state index contributed by atoms with van der Waals surface area (Å²) in [6.45, 7) is 0.506. The van der Waals surface area contributed by atoms with E-state index in [9.17, 15) is 14.7 Å². The Hall–Kier alpha value is -0.770. The van der Waals surface area contributed by atoms with E-state index in [0.29, 0.717) is 31.2 Å². The van der Waals surface area contributed by atoms with E-state index >= 15 is 0 Å². The van der Waals surface area contributed by atoms with Crippen molar-refractivity contribution in [1.82, 2.24) is 4.90 Å². The van der Waals surface area contributed by atoms with Crippen molar-refractivity contribution in [1.29, 1.82) is 0 Å². The number of hydrogen-bond donors (Lipinski definition) is 1. The second kappa shape index (κ2) is 6.60. The summed E-state index contributed by atoms with van der Waals surface area (Å²) in [5.41, 5.74) is 0. The first kappa shape index (κ1) is 14.6. The van der Waals surface area contributed by atoms with Gasteiger partial charge >= 0.3 is 5.97 Å². The molecule has 0 radical (unpaired) electrons. The maximum atomic E-state index is 11.9. The van der Waals surface area contributed by atoms with Crippen LogP contribution < -0.4 is 0 Å². The third-order valence-electron chi connectivity index (χ3n) is 4.40. The minimum Gasteiger partial charge on any atom is -0.480 e. The molecule has 0 aromatic heterocycles. The highest BCUT2D eigenvalue weighted by Crippen LogP contribution is 2.31. The normalized spacial score (nSPS) is 26.7. The number of carboxylic acids is 1. The average Bonchev–Trinajstić information content (AvgIpc) is 2.78. The molecule has 2 fully saturated rings. The molecule has 1 saturated heterocycles. The Labute approximate surface area is 119 Å². The number of carbonyl (C=O) groups is 2. The Kier molecular flexibility index (Phi) is 5.08. The van der Waals surface area contributed by atoms with Crippen molar-refractivity contribution in [3.8, 4) is 0 Å². The molecule has 1 aliphatic carbocycles. The number of rotatable bonds is 5. The summed E-state index contributed by atoms with van der Waals surface area (Å²) < 4.78 is 0. The lowest BCUT2D eigenvalue weighted by molar-refractivity contribution is -0.149. The molecule has 2 atom stereocenters. The van der Waals surface area contributed by atoms with E-state index < -0.39 is 12.0 Å². The number of carbonyl (C=O) groups excluding carboxylic acids is 1. The van der Waals surface area contributed by atoms with Gasteiger partial charge in [-0.1, -0.05) is 32.1 Å². The molecule has 2 rings (SSSR count). The molecule has 1 heterocycles. The number of likely N-dealkylation sites (tertiary alicyclic amines) is 1. The van der Waals surface area contributed by atoms with Crippen LogP contribution in [0.2, 0.25) is 0 Å². The molecule has 1 saturated carbocycles. The predicted molar refractivity (Wildman–Crippen MR) is 73.2 cm³/mol. The molecule has 2 aliphatic rings. The molecule has 0 spiro atoms. The van der Waals surface area contributed by atoms with Crippen LogP contribution in [0.1, 0.15) is 44.9 Å². The first-order chi connectivity index (χ1) is 9.11. The molecule has 0 bridgehead atoms. The van der Waals surface area contributed by atoms with Gasteiger partial charge < -0.3 is 10.0 Å². The zero-order valence-corrected chi connectivity index (χ0v) is 11.9. The van der Waals surface area contributed by atoms with E-state index in [4.69, 9.17) is 11.6 Å². The lowest BCUT2D eigenvalue weighted by atomic mass is 9.84. The monoisotopic (exact) mass is 287 g/mol. The van der Waals surface area contributed by atoms with Crippen LogP contribution in [-0.4, -0.2) is 40.3 Å². The van der Waals surface area contributed by atoms with Crippen LogP contribution in [0.5, 0.6) is 0 Å². The SMILES string of the molecule is O=C(O)[C@H](CC1CCCCC1)N1CC(CCl)CC1=O. The zero-order valence-electron chi connectivity index (χ0n) is 11.2. The second-order valence-electron chi connectivity index (χ2n) is 5.86. The Bertz CT molecular complexity index is 342. The van der Waals surface area contributed by atoms with Crippen LogP contribution in [0.25, 0.3) is 0 Å². The van der Waals surface area contributed by atoms with E-state index in [1.807, 2.05) is 0 Å². The fourth-order valence-electron chi connectivity index (χ4n) is 3.31. The molecule has 5 heteroatoms. The van der Waals surface area contributed by atoms with Crippen molar-refractivity contribution in [2.24, 2.45) is 11.8 Å². The predicted octanol–water partition coefficient (Wildman–Crippen LogP) is 2.50. The first-order valence-electron chi connectivity index (χ1n) is 7.20. The largest absolute Gasteiger partial charge is 0.480 e. The molecule has 1 N–H and O–H groups in total. The number of alkyl halides is 1. The fourth-order valence-corrected chi connectivity index (χ4v) is 3.52. The van der Waals surface area contributed by atoms with Gasteiger partial charge in [-0.15, -0.1) is 11.6 Å². The van der Waals surface area contributed by atoms with E-state index in [1.165, 1.54) is 19.3 Å². The van der Waals surface area contributed by atoms with Crippen molar-refractivity contribution in [2.45, 2.75) is 51.0 Å². The lowest BCUT2D eigenvalue weighted by Crippen LogP contribution is -2.43. The third kappa shape index (κ3) is 3.62. The number of nitrogens with zero attached hydrogens (tertiary/aromatic N) is 1. The van der Waals surface area contributed by atoms with Crippen LogP contribution >= 0.6 is 11.6 Å². The van der Waals surface area contributed by atoms with Gasteiger partial charge in [0.05, 0.1) is 0 Å². The Morgan fingerprint density at radius 2 is 2.00 bits per heavy atom. The molecule has 108 valence electrons. The van der Waals surface area contributed by atoms with Crippen molar-refractivity contribution in [3.05, 3.63) is 0 Å². The van der Waals surface area contributed by atoms with Gasteiger partial charge in [0, 0.05) is 18.8 Å². The van der Waals surface area contributed by atoms with Gasteiger partial charge in [-0.2, -0.15) is 0 Å². The highest BCUT2D eigenvalue weighted by Gasteiger charge is 2.38. The van der Waals surface area contributed by atoms with Crippen LogP contribution in [0.4, 0.5) is 0 Å². The quantitative estimate of drug-likeness (QED) is 0.791. The highest BCUT2D eigenvalue weighted by atomic mass is 35.5. The Morgan fingerprint density at radius 3 is 2.53 bits per heavy atom. The minimum atomic E-state index is -0.867. The van der Waals surface area contributed by atoms with Gasteiger partial charge in [0.15, 0.2) is 0 Å². The number of carboxylic acid groups (broad SMARTS) is 1. The number of amides is 1. The summed E-state index contributed by atoms with van der Waals surface area (Å²) in [5, 5.41) is 9.41. The summed E-state index contributed by atoms with van der Waals surface area (Å²) in [7, 11) is 0. The molecular weight excluding hydrogens is 266 g/mol. The van der Waals surface area contributed by atoms with Crippen LogP contribution in [0.15, 0.2) is 0 Å². The minimum absolute atomic E-state index is 0.0474. The molecule has 0 aromatic rings. The lowest BCUT2D eigenvalue weighted by Gasteiger charge is -2.30. The molecule has 1 unspecified atom stereocenters. The molecule has 19 heavy (non-hydrogen) atoms. The fraction of sp³-hybridized carbons (Fsp3) is 0.857. The second-order valence-corrected chi connectivity index (χ2v) is 6.17. The van der Waals surface area contributed by atoms with Gasteiger partial charge in [0.1, 0.15) is 6.04 Å². The van der Waals surface area contributed by atoms with Crippen LogP contribution in [-0.2, 0) is 9.59 Å². The van der Waals surface area contributed by atoms with E-state index in [2.05, 4.69) is 0 Å². The van der Waals surface area contributed by atoms with Gasteiger partial charge in [-0.05, 0) is 18.3 Å². The topological polar surface area (TPSA) is 57.6 Å². The number of halogens is 1.